The SMILES string of the molecule is O=C(O)CCC(=O)NCc1cccc(-c2cccc([C@H]3O[C@@H](CSCCO)C[C@@H](c4ccc(CO)cc4)O3)c2)c1. The molecule has 0 saturated carbocycles. The fraction of sp³-hybridized carbons (Fsp3) is 0.355. The summed E-state index contributed by atoms with van der Waals surface area (Å²) >= 11 is 1.65. The summed E-state index contributed by atoms with van der Waals surface area (Å²) in [5.74, 6) is 0.0938. The number of carboxylic acid groups (broad SMARTS) is 1. The van der Waals surface area contributed by atoms with Gasteiger partial charge >= 0.3 is 5.97 Å². The van der Waals surface area contributed by atoms with Gasteiger partial charge in [0.05, 0.1) is 31.8 Å². The monoisotopic (exact) mass is 565 g/mol. The van der Waals surface area contributed by atoms with Crippen molar-refractivity contribution in [3.63, 3.8) is 0 Å². The van der Waals surface area contributed by atoms with E-state index in [1.165, 1.54) is 0 Å². The zero-order valence-corrected chi connectivity index (χ0v) is 23.0. The fourth-order valence-corrected chi connectivity index (χ4v) is 5.31. The Labute approximate surface area is 238 Å². The second-order valence-corrected chi connectivity index (χ2v) is 10.8. The van der Waals surface area contributed by atoms with E-state index >= 15 is 0 Å². The lowest BCUT2D eigenvalue weighted by Crippen LogP contribution is -2.31. The highest BCUT2D eigenvalue weighted by molar-refractivity contribution is 7.99. The Morgan fingerprint density at radius 2 is 1.62 bits per heavy atom. The molecule has 0 aromatic heterocycles. The van der Waals surface area contributed by atoms with Crippen LogP contribution in [-0.2, 0) is 32.2 Å². The van der Waals surface area contributed by atoms with E-state index < -0.39 is 12.3 Å². The summed E-state index contributed by atoms with van der Waals surface area (Å²) in [6.07, 6.45) is -0.373. The van der Waals surface area contributed by atoms with Crippen LogP contribution < -0.4 is 5.32 Å². The highest BCUT2D eigenvalue weighted by Crippen LogP contribution is 2.39. The molecule has 0 bridgehead atoms. The van der Waals surface area contributed by atoms with Crippen LogP contribution in [0.25, 0.3) is 11.1 Å². The number of carbonyl (C=O) groups is 2. The van der Waals surface area contributed by atoms with Crippen molar-refractivity contribution in [2.24, 2.45) is 0 Å². The van der Waals surface area contributed by atoms with Crippen LogP contribution in [0.3, 0.4) is 0 Å². The standard InChI is InChI=1S/C31H35NO7S/c33-13-14-40-20-27-17-28(23-9-7-21(19-34)8-10-23)39-31(38-27)26-6-2-5-25(16-26)24-4-1-3-22(15-24)18-32-29(35)11-12-30(36)37/h1-10,15-16,27-28,31,33-34H,11-14,17-20H2,(H,32,35)(H,36,37)/t27-,28+,31+/m1/s1. The van der Waals surface area contributed by atoms with Crippen LogP contribution in [0.4, 0.5) is 0 Å². The molecule has 0 unspecified atom stereocenters. The number of aliphatic hydroxyl groups excluding tert-OH is 2. The van der Waals surface area contributed by atoms with Gasteiger partial charge in [-0.1, -0.05) is 60.7 Å². The van der Waals surface area contributed by atoms with Crippen LogP contribution in [0.15, 0.2) is 72.8 Å². The average Bonchev–Trinajstić information content (AvgIpc) is 2.99. The van der Waals surface area contributed by atoms with Gasteiger partial charge in [-0.2, -0.15) is 11.8 Å². The van der Waals surface area contributed by atoms with Gasteiger partial charge in [-0.3, -0.25) is 9.59 Å². The predicted octanol–water partition coefficient (Wildman–Crippen LogP) is 4.60. The topological polar surface area (TPSA) is 125 Å². The van der Waals surface area contributed by atoms with E-state index in [9.17, 15) is 19.8 Å². The molecule has 3 aromatic carbocycles. The third-order valence-electron chi connectivity index (χ3n) is 6.63. The Hall–Kier alpha value is -3.21. The number of aliphatic hydroxyl groups is 2. The molecule has 212 valence electrons. The maximum atomic E-state index is 11.9. The third kappa shape index (κ3) is 8.64. The molecule has 1 aliphatic rings. The molecule has 0 radical (unpaired) electrons. The number of amides is 1. The first kappa shape index (κ1) is 29.8. The van der Waals surface area contributed by atoms with Gasteiger partial charge in [0.25, 0.3) is 0 Å². The molecule has 1 saturated heterocycles. The maximum Gasteiger partial charge on any atom is 0.303 e. The number of ether oxygens (including phenoxy) is 2. The Balaban J connectivity index is 1.50. The van der Waals surface area contributed by atoms with E-state index in [1.54, 1.807) is 11.8 Å². The summed E-state index contributed by atoms with van der Waals surface area (Å²) in [7, 11) is 0. The second kappa shape index (κ2) is 15.0. The van der Waals surface area contributed by atoms with Gasteiger partial charge in [-0.05, 0) is 39.9 Å². The Morgan fingerprint density at radius 3 is 2.35 bits per heavy atom. The second-order valence-electron chi connectivity index (χ2n) is 9.64. The number of carbonyl (C=O) groups excluding carboxylic acids is 1. The first-order valence-electron chi connectivity index (χ1n) is 13.3. The smallest absolute Gasteiger partial charge is 0.303 e. The van der Waals surface area contributed by atoms with E-state index in [0.29, 0.717) is 18.7 Å². The molecule has 3 atom stereocenters. The predicted molar refractivity (Wildman–Crippen MR) is 153 cm³/mol. The van der Waals surface area contributed by atoms with Crippen molar-refractivity contribution in [1.29, 1.82) is 0 Å². The van der Waals surface area contributed by atoms with Crippen LogP contribution in [0.1, 0.15) is 53.9 Å². The molecule has 40 heavy (non-hydrogen) atoms. The normalized spacial score (nSPS) is 18.8. The molecule has 4 N–H and O–H groups in total. The number of benzene rings is 3. The van der Waals surface area contributed by atoms with E-state index in [0.717, 1.165) is 39.1 Å². The number of hydrogen-bond acceptors (Lipinski definition) is 7. The van der Waals surface area contributed by atoms with Crippen LogP contribution in [0, 0.1) is 0 Å². The molecular weight excluding hydrogens is 530 g/mol. The minimum Gasteiger partial charge on any atom is -0.481 e. The van der Waals surface area contributed by atoms with Crippen molar-refractivity contribution in [2.75, 3.05) is 18.1 Å². The quantitative estimate of drug-likeness (QED) is 0.222. The molecule has 1 aliphatic heterocycles. The Morgan fingerprint density at radius 1 is 0.875 bits per heavy atom. The van der Waals surface area contributed by atoms with Gasteiger partial charge in [0.15, 0.2) is 6.29 Å². The minimum atomic E-state index is -0.996. The average molecular weight is 566 g/mol. The van der Waals surface area contributed by atoms with Crippen molar-refractivity contribution < 1.29 is 34.4 Å². The van der Waals surface area contributed by atoms with Gasteiger partial charge in [-0.15, -0.1) is 0 Å². The lowest BCUT2D eigenvalue weighted by atomic mass is 9.99. The van der Waals surface area contributed by atoms with Gasteiger partial charge in [0.2, 0.25) is 5.91 Å². The summed E-state index contributed by atoms with van der Waals surface area (Å²) in [5, 5.41) is 30.2. The lowest BCUT2D eigenvalue weighted by molar-refractivity contribution is -0.245. The van der Waals surface area contributed by atoms with Crippen molar-refractivity contribution >= 4 is 23.6 Å². The molecule has 1 fully saturated rings. The molecule has 3 aromatic rings. The number of nitrogens with one attached hydrogen (secondary N) is 1. The first-order chi connectivity index (χ1) is 19.4. The van der Waals surface area contributed by atoms with E-state index in [4.69, 9.17) is 14.6 Å². The summed E-state index contributed by atoms with van der Waals surface area (Å²) in [6, 6.07) is 23.6. The summed E-state index contributed by atoms with van der Waals surface area (Å²) in [5.41, 5.74) is 5.61. The first-order valence-corrected chi connectivity index (χ1v) is 14.5. The van der Waals surface area contributed by atoms with Gasteiger partial charge in [0, 0.05) is 36.5 Å². The van der Waals surface area contributed by atoms with Gasteiger partial charge in [-0.25, -0.2) is 0 Å². The molecule has 0 spiro atoms. The van der Waals surface area contributed by atoms with Gasteiger partial charge in [0.1, 0.15) is 0 Å². The molecular formula is C31H35NO7S. The highest BCUT2D eigenvalue weighted by Gasteiger charge is 2.32. The number of rotatable bonds is 13. The molecule has 4 rings (SSSR count). The number of carboxylic acids is 1. The van der Waals surface area contributed by atoms with Crippen LogP contribution in [-0.4, -0.2) is 51.4 Å². The Kier molecular flexibility index (Phi) is 11.1. The van der Waals surface area contributed by atoms with Crippen molar-refractivity contribution in [3.05, 3.63) is 95.1 Å². The molecule has 8 nitrogen and oxygen atoms in total. The minimum absolute atomic E-state index is 0.0109. The molecule has 1 heterocycles. The molecule has 1 amide bonds. The molecule has 9 heteroatoms. The van der Waals surface area contributed by atoms with Crippen molar-refractivity contribution in [3.8, 4) is 11.1 Å². The van der Waals surface area contributed by atoms with Gasteiger partial charge < -0.3 is 30.1 Å². The summed E-state index contributed by atoms with van der Waals surface area (Å²) < 4.78 is 12.8. The van der Waals surface area contributed by atoms with Crippen LogP contribution in [0.5, 0.6) is 0 Å². The third-order valence-corrected chi connectivity index (χ3v) is 7.71. The van der Waals surface area contributed by atoms with Crippen molar-refractivity contribution in [2.45, 2.75) is 50.9 Å². The highest BCUT2D eigenvalue weighted by atomic mass is 32.2. The number of hydrogen-bond donors (Lipinski definition) is 4. The summed E-state index contributed by atoms with van der Waals surface area (Å²) in [4.78, 5) is 22.6. The molecule has 0 aliphatic carbocycles. The van der Waals surface area contributed by atoms with E-state index in [-0.39, 0.29) is 44.2 Å². The largest absolute Gasteiger partial charge is 0.481 e. The zero-order chi connectivity index (χ0) is 28.3. The fourth-order valence-electron chi connectivity index (χ4n) is 4.54. The lowest BCUT2D eigenvalue weighted by Gasteiger charge is -2.36. The summed E-state index contributed by atoms with van der Waals surface area (Å²) in [6.45, 7) is 0.421. The zero-order valence-electron chi connectivity index (χ0n) is 22.2. The Bertz CT molecular complexity index is 1270. The van der Waals surface area contributed by atoms with Crippen molar-refractivity contribution in [1.82, 2.24) is 5.32 Å². The number of aliphatic carboxylic acids is 1. The number of thioether (sulfide) groups is 1. The van der Waals surface area contributed by atoms with E-state index in [2.05, 4.69) is 5.32 Å². The maximum absolute atomic E-state index is 11.9. The van der Waals surface area contributed by atoms with E-state index in [1.807, 2.05) is 72.8 Å². The van der Waals surface area contributed by atoms with Crippen LogP contribution in [0.2, 0.25) is 0 Å². The van der Waals surface area contributed by atoms with Crippen LogP contribution >= 0.6 is 11.8 Å².